The molecule has 0 saturated carbocycles. The molecule has 0 aliphatic rings. The fourth-order valence-corrected chi connectivity index (χ4v) is 1.62. The Kier molecular flexibility index (Phi) is 4.99. The van der Waals surface area contributed by atoms with Gasteiger partial charge in [0, 0.05) is 19.3 Å². The molecule has 0 radical (unpaired) electrons. The summed E-state index contributed by atoms with van der Waals surface area (Å²) in [6.45, 7) is 6.88. The van der Waals surface area contributed by atoms with Gasteiger partial charge in [-0.25, -0.2) is 4.98 Å². The first-order valence-corrected chi connectivity index (χ1v) is 5.59. The van der Waals surface area contributed by atoms with Gasteiger partial charge in [0.05, 0.1) is 5.56 Å². The van der Waals surface area contributed by atoms with Gasteiger partial charge in [-0.05, 0) is 18.6 Å². The first-order valence-electron chi connectivity index (χ1n) is 5.21. The Labute approximate surface area is 101 Å². The summed E-state index contributed by atoms with van der Waals surface area (Å²) in [5.74, 6) is -0.0974. The van der Waals surface area contributed by atoms with Crippen LogP contribution in [-0.4, -0.2) is 28.9 Å². The predicted octanol–water partition coefficient (Wildman–Crippen LogP) is 2.77. The standard InChI is InChI=1S/C12H15ClN2O/c1-3-8-15(9-4-2)12(16)10-6-5-7-14-11(10)13/h3,5-7H,1,4,8-9H2,2H3. The van der Waals surface area contributed by atoms with Gasteiger partial charge in [0.15, 0.2) is 0 Å². The third-order valence-electron chi connectivity index (χ3n) is 2.12. The highest BCUT2D eigenvalue weighted by atomic mass is 35.5. The zero-order chi connectivity index (χ0) is 12.0. The summed E-state index contributed by atoms with van der Waals surface area (Å²) in [5.41, 5.74) is 0.444. The van der Waals surface area contributed by atoms with Crippen LogP contribution in [0.3, 0.4) is 0 Å². The lowest BCUT2D eigenvalue weighted by molar-refractivity contribution is 0.0774. The lowest BCUT2D eigenvalue weighted by Gasteiger charge is -2.20. The predicted molar refractivity (Wildman–Crippen MR) is 65.6 cm³/mol. The van der Waals surface area contributed by atoms with Crippen LogP contribution in [0.1, 0.15) is 23.7 Å². The molecule has 0 atom stereocenters. The molecule has 1 aromatic heterocycles. The van der Waals surface area contributed by atoms with E-state index in [1.54, 1.807) is 29.3 Å². The van der Waals surface area contributed by atoms with Crippen LogP contribution in [0.25, 0.3) is 0 Å². The van der Waals surface area contributed by atoms with Gasteiger partial charge in [0.25, 0.3) is 5.91 Å². The molecule has 0 aliphatic heterocycles. The van der Waals surface area contributed by atoms with Crippen LogP contribution in [0.2, 0.25) is 5.15 Å². The van der Waals surface area contributed by atoms with Crippen LogP contribution in [0.15, 0.2) is 31.0 Å². The maximum absolute atomic E-state index is 12.1. The highest BCUT2D eigenvalue weighted by molar-refractivity contribution is 6.32. The lowest BCUT2D eigenvalue weighted by Crippen LogP contribution is -2.32. The van der Waals surface area contributed by atoms with E-state index >= 15 is 0 Å². The molecule has 1 aromatic rings. The Morgan fingerprint density at radius 3 is 3.00 bits per heavy atom. The number of hydrogen-bond donors (Lipinski definition) is 0. The number of carbonyl (C=O) groups excluding carboxylic acids is 1. The molecule has 0 saturated heterocycles. The van der Waals surface area contributed by atoms with E-state index in [2.05, 4.69) is 11.6 Å². The van der Waals surface area contributed by atoms with Crippen molar-refractivity contribution in [2.24, 2.45) is 0 Å². The van der Waals surface area contributed by atoms with Crippen molar-refractivity contribution in [1.82, 2.24) is 9.88 Å². The molecule has 0 aliphatic carbocycles. The molecule has 1 heterocycles. The number of rotatable bonds is 5. The number of carbonyl (C=O) groups is 1. The molecular weight excluding hydrogens is 224 g/mol. The number of hydrogen-bond acceptors (Lipinski definition) is 2. The average Bonchev–Trinajstić information content (AvgIpc) is 2.28. The number of nitrogens with zero attached hydrogens (tertiary/aromatic N) is 2. The molecule has 0 N–H and O–H groups in total. The van der Waals surface area contributed by atoms with Gasteiger partial charge < -0.3 is 4.90 Å². The van der Waals surface area contributed by atoms with Crippen LogP contribution in [0.4, 0.5) is 0 Å². The summed E-state index contributed by atoms with van der Waals surface area (Å²) in [6, 6.07) is 3.39. The van der Waals surface area contributed by atoms with E-state index in [1.807, 2.05) is 6.92 Å². The molecule has 0 spiro atoms. The molecule has 1 rings (SSSR count). The van der Waals surface area contributed by atoms with E-state index in [9.17, 15) is 4.79 Å². The van der Waals surface area contributed by atoms with Gasteiger partial charge in [0.2, 0.25) is 0 Å². The van der Waals surface area contributed by atoms with Gasteiger partial charge in [0.1, 0.15) is 5.15 Å². The van der Waals surface area contributed by atoms with Crippen molar-refractivity contribution in [2.75, 3.05) is 13.1 Å². The number of amides is 1. The SMILES string of the molecule is C=CCN(CCC)C(=O)c1cccnc1Cl. The molecule has 86 valence electrons. The molecule has 0 aromatic carbocycles. The molecule has 4 heteroatoms. The second-order valence-electron chi connectivity index (χ2n) is 3.38. The van der Waals surface area contributed by atoms with E-state index in [4.69, 9.17) is 11.6 Å². The van der Waals surface area contributed by atoms with Gasteiger partial charge in [-0.2, -0.15) is 0 Å². The summed E-state index contributed by atoms with van der Waals surface area (Å²) < 4.78 is 0. The molecule has 0 unspecified atom stereocenters. The minimum absolute atomic E-state index is 0.0974. The van der Waals surface area contributed by atoms with Crippen molar-refractivity contribution in [3.05, 3.63) is 41.7 Å². The summed E-state index contributed by atoms with van der Waals surface area (Å²) in [6.07, 6.45) is 4.17. The number of pyridine rings is 1. The van der Waals surface area contributed by atoms with Crippen molar-refractivity contribution in [2.45, 2.75) is 13.3 Å². The van der Waals surface area contributed by atoms with Crippen molar-refractivity contribution >= 4 is 17.5 Å². The van der Waals surface area contributed by atoms with E-state index in [0.29, 0.717) is 18.7 Å². The van der Waals surface area contributed by atoms with Gasteiger partial charge in [-0.3, -0.25) is 4.79 Å². The van der Waals surface area contributed by atoms with E-state index in [1.165, 1.54) is 0 Å². The number of aromatic nitrogens is 1. The third-order valence-corrected chi connectivity index (χ3v) is 2.42. The monoisotopic (exact) mass is 238 g/mol. The minimum atomic E-state index is -0.0974. The molecule has 3 nitrogen and oxygen atoms in total. The quantitative estimate of drug-likeness (QED) is 0.584. The fraction of sp³-hybridized carbons (Fsp3) is 0.333. The summed E-state index contributed by atoms with van der Waals surface area (Å²) in [4.78, 5) is 17.7. The normalized spacial score (nSPS) is 9.88. The van der Waals surface area contributed by atoms with Crippen LogP contribution < -0.4 is 0 Å². The van der Waals surface area contributed by atoms with Crippen LogP contribution in [0, 0.1) is 0 Å². The second kappa shape index (κ2) is 6.28. The molecular formula is C12H15ClN2O. The van der Waals surface area contributed by atoms with Gasteiger partial charge >= 0.3 is 0 Å². The first kappa shape index (κ1) is 12.7. The Morgan fingerprint density at radius 2 is 2.44 bits per heavy atom. The van der Waals surface area contributed by atoms with Gasteiger partial charge in [-0.1, -0.05) is 24.6 Å². The smallest absolute Gasteiger partial charge is 0.257 e. The van der Waals surface area contributed by atoms with Crippen molar-refractivity contribution < 1.29 is 4.79 Å². The Morgan fingerprint density at radius 1 is 1.69 bits per heavy atom. The maximum Gasteiger partial charge on any atom is 0.257 e. The minimum Gasteiger partial charge on any atom is -0.335 e. The molecule has 1 amide bonds. The summed E-state index contributed by atoms with van der Waals surface area (Å²) in [7, 11) is 0. The van der Waals surface area contributed by atoms with E-state index < -0.39 is 0 Å². The third kappa shape index (κ3) is 3.07. The van der Waals surface area contributed by atoms with E-state index in [-0.39, 0.29) is 11.1 Å². The average molecular weight is 239 g/mol. The zero-order valence-corrected chi connectivity index (χ0v) is 10.1. The molecule has 0 fully saturated rings. The molecule has 16 heavy (non-hydrogen) atoms. The Balaban J connectivity index is 2.89. The largest absolute Gasteiger partial charge is 0.335 e. The van der Waals surface area contributed by atoms with Crippen molar-refractivity contribution in [3.8, 4) is 0 Å². The first-order chi connectivity index (χ1) is 7.70. The van der Waals surface area contributed by atoms with Crippen LogP contribution >= 0.6 is 11.6 Å². The lowest BCUT2D eigenvalue weighted by atomic mass is 10.2. The van der Waals surface area contributed by atoms with Crippen molar-refractivity contribution in [3.63, 3.8) is 0 Å². The Hall–Kier alpha value is -1.35. The Bertz CT molecular complexity index is 379. The second-order valence-corrected chi connectivity index (χ2v) is 3.74. The highest BCUT2D eigenvalue weighted by Crippen LogP contribution is 2.14. The van der Waals surface area contributed by atoms with E-state index in [0.717, 1.165) is 6.42 Å². The molecule has 0 bridgehead atoms. The fourth-order valence-electron chi connectivity index (χ4n) is 1.42. The summed E-state index contributed by atoms with van der Waals surface area (Å²) in [5, 5.41) is 0.248. The topological polar surface area (TPSA) is 33.2 Å². The summed E-state index contributed by atoms with van der Waals surface area (Å²) >= 11 is 5.88. The number of halogens is 1. The van der Waals surface area contributed by atoms with Crippen LogP contribution in [-0.2, 0) is 0 Å². The zero-order valence-electron chi connectivity index (χ0n) is 9.32. The van der Waals surface area contributed by atoms with Crippen LogP contribution in [0.5, 0.6) is 0 Å². The maximum atomic E-state index is 12.1. The highest BCUT2D eigenvalue weighted by Gasteiger charge is 2.16. The van der Waals surface area contributed by atoms with Gasteiger partial charge in [-0.15, -0.1) is 6.58 Å². The van der Waals surface area contributed by atoms with Crippen molar-refractivity contribution in [1.29, 1.82) is 0 Å².